The Balaban J connectivity index is 1.38. The molecule has 40 heavy (non-hydrogen) atoms. The van der Waals surface area contributed by atoms with E-state index in [9.17, 15) is 19.5 Å². The van der Waals surface area contributed by atoms with E-state index in [2.05, 4.69) is 4.98 Å². The molecule has 2 heterocycles. The summed E-state index contributed by atoms with van der Waals surface area (Å²) in [4.78, 5) is 44.2. The summed E-state index contributed by atoms with van der Waals surface area (Å²) in [5, 5.41) is 12.8. The SMILES string of the molecule is CC(=O)N1CCN(C(=O)c2ccc(-c3ccc(-c4nc(-c5ccc(Cl)c(Cl)c5)cs4)cc3OC(=O)O)cc2)CC1. The summed E-state index contributed by atoms with van der Waals surface area (Å²) in [5.74, 6) is 0.0352. The van der Waals surface area contributed by atoms with Crippen LogP contribution < -0.4 is 4.74 Å². The fourth-order valence-electron chi connectivity index (χ4n) is 4.47. The van der Waals surface area contributed by atoms with Crippen molar-refractivity contribution in [3.8, 4) is 38.7 Å². The summed E-state index contributed by atoms with van der Waals surface area (Å²) in [6.07, 6.45) is -1.44. The summed E-state index contributed by atoms with van der Waals surface area (Å²) in [7, 11) is 0. The van der Waals surface area contributed by atoms with E-state index in [1.54, 1.807) is 58.3 Å². The second-order valence-corrected chi connectivity index (χ2v) is 10.8. The summed E-state index contributed by atoms with van der Waals surface area (Å²) < 4.78 is 5.14. The first-order valence-electron chi connectivity index (χ1n) is 12.3. The van der Waals surface area contributed by atoms with Gasteiger partial charge in [-0.05, 0) is 42.0 Å². The van der Waals surface area contributed by atoms with Crippen LogP contribution >= 0.6 is 34.5 Å². The van der Waals surface area contributed by atoms with Crippen molar-refractivity contribution in [1.82, 2.24) is 14.8 Å². The quantitative estimate of drug-likeness (QED) is 0.201. The van der Waals surface area contributed by atoms with Gasteiger partial charge in [0.05, 0.1) is 15.7 Å². The monoisotopic (exact) mass is 595 g/mol. The highest BCUT2D eigenvalue weighted by Crippen LogP contribution is 2.37. The Labute approximate surface area is 244 Å². The van der Waals surface area contributed by atoms with E-state index >= 15 is 0 Å². The molecule has 204 valence electrons. The number of benzene rings is 3. The maximum Gasteiger partial charge on any atom is 0.511 e. The fourth-order valence-corrected chi connectivity index (χ4v) is 5.59. The molecule has 2 amide bonds. The number of ether oxygens (including phenoxy) is 1. The number of halogens is 2. The second kappa shape index (κ2) is 11.7. The highest BCUT2D eigenvalue weighted by atomic mass is 35.5. The molecule has 0 aliphatic carbocycles. The van der Waals surface area contributed by atoms with Crippen LogP contribution in [0.2, 0.25) is 10.0 Å². The van der Waals surface area contributed by atoms with Crippen LogP contribution in [0.4, 0.5) is 4.79 Å². The number of piperazine rings is 1. The van der Waals surface area contributed by atoms with Crippen molar-refractivity contribution < 1.29 is 24.2 Å². The zero-order valence-electron chi connectivity index (χ0n) is 21.3. The third-order valence-corrected chi connectivity index (χ3v) is 8.23. The maximum atomic E-state index is 13.0. The number of carbonyl (C=O) groups is 3. The molecule has 8 nitrogen and oxygen atoms in total. The first-order chi connectivity index (χ1) is 19.2. The zero-order valence-corrected chi connectivity index (χ0v) is 23.6. The van der Waals surface area contributed by atoms with Crippen LogP contribution in [0.5, 0.6) is 5.75 Å². The van der Waals surface area contributed by atoms with Crippen molar-refractivity contribution in [3.05, 3.63) is 81.7 Å². The van der Waals surface area contributed by atoms with Gasteiger partial charge in [-0.15, -0.1) is 11.3 Å². The average molecular weight is 596 g/mol. The standard InChI is InChI=1S/C29H23Cl2N3O5S/c1-17(35)33-10-12-34(13-11-33)28(36)19-4-2-18(3-5-19)22-8-6-21(15-26(22)39-29(37)38)27-32-25(16-40-27)20-7-9-23(30)24(31)14-20/h2-9,14-16H,10-13H2,1H3,(H,37,38). The van der Waals surface area contributed by atoms with Gasteiger partial charge < -0.3 is 19.6 Å². The molecule has 11 heteroatoms. The minimum atomic E-state index is -1.44. The van der Waals surface area contributed by atoms with Gasteiger partial charge in [0.2, 0.25) is 5.91 Å². The van der Waals surface area contributed by atoms with Gasteiger partial charge in [0, 0.05) is 60.7 Å². The summed E-state index contributed by atoms with van der Waals surface area (Å²) >= 11 is 13.6. The maximum absolute atomic E-state index is 13.0. The van der Waals surface area contributed by atoms with Crippen molar-refractivity contribution in [2.24, 2.45) is 0 Å². The van der Waals surface area contributed by atoms with Crippen LogP contribution in [0, 0.1) is 0 Å². The highest BCUT2D eigenvalue weighted by molar-refractivity contribution is 7.13. The molecule has 0 spiro atoms. The van der Waals surface area contributed by atoms with Gasteiger partial charge in [-0.25, -0.2) is 9.78 Å². The van der Waals surface area contributed by atoms with Crippen LogP contribution in [0.25, 0.3) is 33.0 Å². The lowest BCUT2D eigenvalue weighted by atomic mass is 10.0. The highest BCUT2D eigenvalue weighted by Gasteiger charge is 2.23. The lowest BCUT2D eigenvalue weighted by molar-refractivity contribution is -0.130. The molecule has 0 atom stereocenters. The number of nitrogens with zero attached hydrogens (tertiary/aromatic N) is 3. The van der Waals surface area contributed by atoms with Gasteiger partial charge in [-0.2, -0.15) is 0 Å². The first kappa shape index (κ1) is 27.6. The second-order valence-electron chi connectivity index (χ2n) is 9.12. The van der Waals surface area contributed by atoms with E-state index in [4.69, 9.17) is 27.9 Å². The molecule has 5 rings (SSSR count). The van der Waals surface area contributed by atoms with Crippen molar-refractivity contribution in [1.29, 1.82) is 0 Å². The topological polar surface area (TPSA) is 100 Å². The molecule has 1 aliphatic rings. The van der Waals surface area contributed by atoms with Crippen LogP contribution in [0.3, 0.4) is 0 Å². The molecule has 1 aromatic heterocycles. The van der Waals surface area contributed by atoms with Crippen LogP contribution in [0.1, 0.15) is 17.3 Å². The Morgan fingerprint density at radius 3 is 2.15 bits per heavy atom. The number of rotatable bonds is 5. The predicted octanol–water partition coefficient (Wildman–Crippen LogP) is 6.81. The van der Waals surface area contributed by atoms with Crippen molar-refractivity contribution >= 4 is 52.5 Å². The minimum Gasteiger partial charge on any atom is -0.449 e. The van der Waals surface area contributed by atoms with E-state index in [0.29, 0.717) is 69.2 Å². The van der Waals surface area contributed by atoms with Gasteiger partial charge in [0.1, 0.15) is 10.8 Å². The first-order valence-corrected chi connectivity index (χ1v) is 13.9. The van der Waals surface area contributed by atoms with Gasteiger partial charge in [-0.1, -0.05) is 47.5 Å². The Morgan fingerprint density at radius 2 is 1.50 bits per heavy atom. The summed E-state index contributed by atoms with van der Waals surface area (Å²) in [5.41, 5.74) is 3.97. The number of aromatic nitrogens is 1. The molecular formula is C29H23Cl2N3O5S. The van der Waals surface area contributed by atoms with E-state index < -0.39 is 6.16 Å². The molecule has 1 N–H and O–H groups in total. The molecular weight excluding hydrogens is 573 g/mol. The Bertz CT molecular complexity index is 1600. The third kappa shape index (κ3) is 5.96. The molecule has 1 saturated heterocycles. The molecule has 0 saturated carbocycles. The van der Waals surface area contributed by atoms with Crippen LogP contribution in [-0.4, -0.2) is 64.0 Å². The third-order valence-electron chi connectivity index (χ3n) is 6.60. The van der Waals surface area contributed by atoms with E-state index in [1.807, 2.05) is 17.5 Å². The number of carboxylic acid groups (broad SMARTS) is 1. The molecule has 0 radical (unpaired) electrons. The van der Waals surface area contributed by atoms with Crippen molar-refractivity contribution in [3.63, 3.8) is 0 Å². The molecule has 0 bridgehead atoms. The number of amides is 2. The Morgan fingerprint density at radius 1 is 0.850 bits per heavy atom. The molecule has 1 fully saturated rings. The normalized spacial score (nSPS) is 13.3. The Hall–Kier alpha value is -3.92. The summed E-state index contributed by atoms with van der Waals surface area (Å²) in [6.45, 7) is 3.49. The molecule has 1 aliphatic heterocycles. The molecule has 3 aromatic carbocycles. The lowest BCUT2D eigenvalue weighted by Gasteiger charge is -2.34. The predicted molar refractivity (Wildman–Crippen MR) is 155 cm³/mol. The minimum absolute atomic E-state index is 0.00336. The van der Waals surface area contributed by atoms with Gasteiger partial charge in [0.15, 0.2) is 0 Å². The largest absolute Gasteiger partial charge is 0.511 e. The van der Waals surface area contributed by atoms with E-state index in [1.165, 1.54) is 18.3 Å². The van der Waals surface area contributed by atoms with Gasteiger partial charge in [0.25, 0.3) is 5.91 Å². The van der Waals surface area contributed by atoms with Gasteiger partial charge >= 0.3 is 6.16 Å². The number of carbonyl (C=O) groups excluding carboxylic acids is 2. The van der Waals surface area contributed by atoms with Crippen LogP contribution in [-0.2, 0) is 4.79 Å². The molecule has 0 unspecified atom stereocenters. The summed E-state index contributed by atoms with van der Waals surface area (Å²) in [6, 6.07) is 17.5. The zero-order chi connectivity index (χ0) is 28.4. The number of hydrogen-bond acceptors (Lipinski definition) is 6. The average Bonchev–Trinajstić information content (AvgIpc) is 3.44. The number of thiazole rings is 1. The Kier molecular flexibility index (Phi) is 8.07. The van der Waals surface area contributed by atoms with E-state index in [0.717, 1.165) is 5.56 Å². The fraction of sp³-hybridized carbons (Fsp3) is 0.172. The van der Waals surface area contributed by atoms with Crippen molar-refractivity contribution in [2.75, 3.05) is 26.2 Å². The van der Waals surface area contributed by atoms with Crippen molar-refractivity contribution in [2.45, 2.75) is 6.92 Å². The lowest BCUT2D eigenvalue weighted by Crippen LogP contribution is -2.50. The number of hydrogen-bond donors (Lipinski definition) is 1. The van der Waals surface area contributed by atoms with Gasteiger partial charge in [-0.3, -0.25) is 9.59 Å². The molecule has 4 aromatic rings. The smallest absolute Gasteiger partial charge is 0.449 e. The van der Waals surface area contributed by atoms with Crippen LogP contribution in [0.15, 0.2) is 66.0 Å². The van der Waals surface area contributed by atoms with E-state index in [-0.39, 0.29) is 17.6 Å².